The average molecular weight is 549 g/mol. The molecule has 2 aliphatic rings. The van der Waals surface area contributed by atoms with E-state index in [-0.39, 0.29) is 5.91 Å². The lowest BCUT2D eigenvalue weighted by atomic mass is 10.1. The van der Waals surface area contributed by atoms with Crippen LogP contribution in [0.4, 0.5) is 16.6 Å². The Balaban J connectivity index is 1.29. The van der Waals surface area contributed by atoms with Crippen molar-refractivity contribution < 1.29 is 14.6 Å². The Labute approximate surface area is 230 Å². The van der Waals surface area contributed by atoms with Crippen LogP contribution in [0.5, 0.6) is 0 Å². The van der Waals surface area contributed by atoms with Crippen molar-refractivity contribution in [2.24, 2.45) is 0 Å². The first kappa shape index (κ1) is 25.7. The van der Waals surface area contributed by atoms with Crippen molar-refractivity contribution in [3.63, 3.8) is 0 Å². The summed E-state index contributed by atoms with van der Waals surface area (Å²) >= 11 is 1.59. The Hall–Kier alpha value is -3.61. The predicted molar refractivity (Wildman–Crippen MR) is 152 cm³/mol. The zero-order chi connectivity index (χ0) is 26.8. The van der Waals surface area contributed by atoms with Crippen LogP contribution in [0.15, 0.2) is 36.7 Å². The number of aromatic nitrogens is 5. The van der Waals surface area contributed by atoms with Gasteiger partial charge in [0.15, 0.2) is 16.6 Å². The number of carbonyl (C=O) groups excluding carboxylic acids is 1. The number of morpholine rings is 1. The van der Waals surface area contributed by atoms with Crippen LogP contribution in [0.1, 0.15) is 36.7 Å². The molecule has 12 heteroatoms. The van der Waals surface area contributed by atoms with E-state index >= 15 is 0 Å². The van der Waals surface area contributed by atoms with Gasteiger partial charge >= 0.3 is 0 Å². The monoisotopic (exact) mass is 548 g/mol. The summed E-state index contributed by atoms with van der Waals surface area (Å²) in [6.07, 6.45) is 6.38. The summed E-state index contributed by atoms with van der Waals surface area (Å²) in [4.78, 5) is 32.3. The Morgan fingerprint density at radius 2 is 1.92 bits per heavy atom. The maximum Gasteiger partial charge on any atom is 0.274 e. The highest BCUT2D eigenvalue weighted by atomic mass is 32.1. The van der Waals surface area contributed by atoms with E-state index in [9.17, 15) is 9.90 Å². The molecular formula is C27H32N8O3S. The molecule has 0 radical (unpaired) electrons. The number of nitrogens with zero attached hydrogens (tertiary/aromatic N) is 7. The van der Waals surface area contributed by atoms with Crippen LogP contribution in [0, 0.1) is 0 Å². The van der Waals surface area contributed by atoms with Crippen molar-refractivity contribution in [3.05, 3.63) is 42.4 Å². The molecule has 0 aliphatic carbocycles. The summed E-state index contributed by atoms with van der Waals surface area (Å²) in [6, 6.07) is 7.36. The minimum Gasteiger partial charge on any atom is -0.391 e. The number of nitrogens with one attached hydrogen (secondary N) is 1. The number of pyridine rings is 2. The van der Waals surface area contributed by atoms with Crippen LogP contribution in [0.25, 0.3) is 21.6 Å². The SMILES string of the molecule is CC(O)Cn1cc(-c2cccc(C(=O)Nc3cc4sc(N5CCOCC5)nc4nc3N3CCCCC3)n2)cn1. The summed E-state index contributed by atoms with van der Waals surface area (Å²) in [5.41, 5.74) is 3.10. The Morgan fingerprint density at radius 1 is 1.10 bits per heavy atom. The lowest BCUT2D eigenvalue weighted by Gasteiger charge is -2.29. The van der Waals surface area contributed by atoms with Gasteiger partial charge in [0.1, 0.15) is 5.69 Å². The zero-order valence-electron chi connectivity index (χ0n) is 21.9. The van der Waals surface area contributed by atoms with Gasteiger partial charge in [-0.05, 0) is 44.4 Å². The number of rotatable bonds is 7. The number of ether oxygens (including phenoxy) is 1. The van der Waals surface area contributed by atoms with E-state index in [2.05, 4.69) is 25.2 Å². The third-order valence-corrected chi connectivity index (χ3v) is 7.95. The van der Waals surface area contributed by atoms with E-state index in [0.29, 0.717) is 42.5 Å². The van der Waals surface area contributed by atoms with E-state index in [1.807, 2.05) is 24.4 Å². The van der Waals surface area contributed by atoms with Gasteiger partial charge in [-0.25, -0.2) is 9.97 Å². The molecule has 6 rings (SSSR count). The standard InChI is InChI=1S/C27H32N8O3S/c1-18(36)16-35-17-19(15-28-35)20-6-5-7-21(29-20)26(37)30-22-14-23-24(31-25(22)33-8-3-2-4-9-33)32-27(39-23)34-10-12-38-13-11-34/h5-7,14-15,17-18,36H,2-4,8-13,16H2,1H3,(H,30,37). The minimum atomic E-state index is -0.508. The number of aliphatic hydroxyl groups is 1. The minimum absolute atomic E-state index is 0.300. The van der Waals surface area contributed by atoms with Crippen molar-refractivity contribution in [2.45, 2.75) is 38.8 Å². The maximum absolute atomic E-state index is 13.5. The number of carbonyl (C=O) groups is 1. The molecule has 0 aromatic carbocycles. The fourth-order valence-electron chi connectivity index (χ4n) is 4.95. The Kier molecular flexibility index (Phi) is 7.40. The van der Waals surface area contributed by atoms with E-state index in [1.165, 1.54) is 6.42 Å². The third-order valence-electron chi connectivity index (χ3n) is 6.90. The number of hydrogen-bond donors (Lipinski definition) is 2. The van der Waals surface area contributed by atoms with E-state index in [0.717, 1.165) is 60.2 Å². The normalized spacial score (nSPS) is 17.0. The van der Waals surface area contributed by atoms with Crippen LogP contribution in [-0.4, -0.2) is 81.2 Å². The van der Waals surface area contributed by atoms with Crippen molar-refractivity contribution >= 4 is 44.2 Å². The Morgan fingerprint density at radius 3 is 2.72 bits per heavy atom. The molecule has 0 spiro atoms. The molecule has 2 N–H and O–H groups in total. The Bertz CT molecular complexity index is 1460. The van der Waals surface area contributed by atoms with Gasteiger partial charge in [0.25, 0.3) is 5.91 Å². The average Bonchev–Trinajstić information content (AvgIpc) is 3.60. The zero-order valence-corrected chi connectivity index (χ0v) is 22.7. The van der Waals surface area contributed by atoms with E-state index in [1.54, 1.807) is 35.2 Å². The molecule has 0 saturated carbocycles. The molecular weight excluding hydrogens is 516 g/mol. The number of amides is 1. The van der Waals surface area contributed by atoms with Gasteiger partial charge in [-0.2, -0.15) is 10.1 Å². The number of hydrogen-bond acceptors (Lipinski definition) is 10. The number of aliphatic hydroxyl groups excluding tert-OH is 1. The summed E-state index contributed by atoms with van der Waals surface area (Å²) < 4.78 is 8.09. The molecule has 2 fully saturated rings. The van der Waals surface area contributed by atoms with Gasteiger partial charge in [0.2, 0.25) is 0 Å². The van der Waals surface area contributed by atoms with E-state index < -0.39 is 6.10 Å². The van der Waals surface area contributed by atoms with E-state index in [4.69, 9.17) is 14.7 Å². The molecule has 1 unspecified atom stereocenters. The smallest absolute Gasteiger partial charge is 0.274 e. The van der Waals surface area contributed by atoms with Gasteiger partial charge in [-0.3, -0.25) is 9.48 Å². The number of fused-ring (bicyclic) bond motifs is 1. The summed E-state index contributed by atoms with van der Waals surface area (Å²) in [5.74, 6) is 0.454. The van der Waals surface area contributed by atoms with Crippen LogP contribution < -0.4 is 15.1 Å². The first-order chi connectivity index (χ1) is 19.0. The largest absolute Gasteiger partial charge is 0.391 e. The molecule has 204 valence electrons. The number of anilines is 3. The topological polar surface area (TPSA) is 122 Å². The molecule has 6 heterocycles. The molecule has 2 saturated heterocycles. The molecule has 4 aromatic heterocycles. The van der Waals surface area contributed by atoms with Crippen LogP contribution in [0.3, 0.4) is 0 Å². The predicted octanol–water partition coefficient (Wildman–Crippen LogP) is 3.41. The van der Waals surface area contributed by atoms with Crippen LogP contribution in [-0.2, 0) is 11.3 Å². The second-order valence-corrected chi connectivity index (χ2v) is 11.0. The van der Waals surface area contributed by atoms with Gasteiger partial charge in [0.05, 0.1) is 48.1 Å². The van der Waals surface area contributed by atoms with Crippen molar-refractivity contribution in [2.75, 3.05) is 54.5 Å². The molecule has 39 heavy (non-hydrogen) atoms. The fraction of sp³-hybridized carbons (Fsp3) is 0.444. The highest BCUT2D eigenvalue weighted by Crippen LogP contribution is 2.35. The molecule has 0 bridgehead atoms. The van der Waals surface area contributed by atoms with Crippen molar-refractivity contribution in [3.8, 4) is 11.3 Å². The summed E-state index contributed by atoms with van der Waals surface area (Å²) in [7, 11) is 0. The first-order valence-electron chi connectivity index (χ1n) is 13.4. The lowest BCUT2D eigenvalue weighted by molar-refractivity contribution is 0.102. The second-order valence-electron chi connectivity index (χ2n) is 9.99. The van der Waals surface area contributed by atoms with Gasteiger partial charge in [-0.15, -0.1) is 0 Å². The van der Waals surface area contributed by atoms with Crippen molar-refractivity contribution in [1.82, 2.24) is 24.7 Å². The molecule has 1 amide bonds. The molecule has 1 atom stereocenters. The summed E-state index contributed by atoms with van der Waals surface area (Å²) in [6.45, 7) is 6.89. The maximum atomic E-state index is 13.5. The molecule has 2 aliphatic heterocycles. The highest BCUT2D eigenvalue weighted by Gasteiger charge is 2.23. The quantitative estimate of drug-likeness (QED) is 0.358. The first-order valence-corrected chi connectivity index (χ1v) is 14.2. The van der Waals surface area contributed by atoms with Gasteiger partial charge < -0.3 is 25.0 Å². The number of thiazole rings is 1. The van der Waals surface area contributed by atoms with Gasteiger partial charge in [-0.1, -0.05) is 17.4 Å². The number of piperidine rings is 1. The highest BCUT2D eigenvalue weighted by molar-refractivity contribution is 7.22. The van der Waals surface area contributed by atoms with Crippen LogP contribution in [0.2, 0.25) is 0 Å². The van der Waals surface area contributed by atoms with Gasteiger partial charge in [0, 0.05) is 37.9 Å². The third kappa shape index (κ3) is 5.72. The lowest BCUT2D eigenvalue weighted by Crippen LogP contribution is -2.36. The molecule has 11 nitrogen and oxygen atoms in total. The van der Waals surface area contributed by atoms with Crippen LogP contribution >= 0.6 is 11.3 Å². The molecule has 4 aromatic rings. The fourth-order valence-corrected chi connectivity index (χ4v) is 5.95. The second kappa shape index (κ2) is 11.2. The van der Waals surface area contributed by atoms with Crippen molar-refractivity contribution in [1.29, 1.82) is 0 Å². The summed E-state index contributed by atoms with van der Waals surface area (Å²) in [5, 5.41) is 18.0.